The van der Waals surface area contributed by atoms with Gasteiger partial charge in [-0.15, -0.1) is 0 Å². The number of hydrogen-bond donors (Lipinski definition) is 3. The van der Waals surface area contributed by atoms with Crippen molar-refractivity contribution < 1.29 is 4.79 Å². The van der Waals surface area contributed by atoms with E-state index in [1.807, 2.05) is 30.3 Å². The first kappa shape index (κ1) is 13.3. The third-order valence-corrected chi connectivity index (χ3v) is 3.41. The molecule has 0 aromatic heterocycles. The summed E-state index contributed by atoms with van der Waals surface area (Å²) in [6, 6.07) is 13.1. The van der Waals surface area contributed by atoms with E-state index in [1.54, 1.807) is 12.1 Å². The molecule has 0 spiro atoms. The van der Waals surface area contributed by atoms with Crippen LogP contribution < -0.4 is 16.9 Å². The first-order chi connectivity index (χ1) is 10.1. The van der Waals surface area contributed by atoms with Crippen molar-refractivity contribution in [3.8, 4) is 11.1 Å². The van der Waals surface area contributed by atoms with Crippen molar-refractivity contribution in [3.63, 3.8) is 0 Å². The third-order valence-electron chi connectivity index (χ3n) is 3.31. The van der Waals surface area contributed by atoms with Crippen LogP contribution in [0.5, 0.6) is 0 Å². The average molecular weight is 296 g/mol. The van der Waals surface area contributed by atoms with Crippen LogP contribution in [-0.4, -0.2) is 16.7 Å². The summed E-state index contributed by atoms with van der Waals surface area (Å²) < 4.78 is 0. The highest BCUT2D eigenvalue weighted by molar-refractivity contribution is 7.80. The summed E-state index contributed by atoms with van der Waals surface area (Å²) in [5, 5.41) is 4.34. The predicted molar refractivity (Wildman–Crippen MR) is 86.0 cm³/mol. The molecule has 1 amide bonds. The summed E-state index contributed by atoms with van der Waals surface area (Å²) in [5.41, 5.74) is 18.1. The molecule has 21 heavy (non-hydrogen) atoms. The Bertz CT molecular complexity index is 798. The molecule has 0 radical (unpaired) electrons. The molecule has 0 unspecified atom stereocenters. The highest BCUT2D eigenvalue weighted by Gasteiger charge is 2.28. The van der Waals surface area contributed by atoms with E-state index < -0.39 is 5.91 Å². The van der Waals surface area contributed by atoms with Crippen molar-refractivity contribution in [1.29, 1.82) is 0 Å². The molecule has 0 saturated heterocycles. The first-order valence-corrected chi connectivity index (χ1v) is 6.66. The number of rotatable bonds is 2. The maximum atomic E-state index is 11.7. The topological polar surface area (TPSA) is 93.5 Å². The second-order valence-electron chi connectivity index (χ2n) is 4.57. The second kappa shape index (κ2) is 4.99. The summed E-state index contributed by atoms with van der Waals surface area (Å²) in [6.07, 6.45) is 0. The van der Waals surface area contributed by atoms with Crippen LogP contribution in [0.1, 0.15) is 21.5 Å². The minimum Gasteiger partial charge on any atom is -0.375 e. The number of amides is 1. The number of fused-ring (bicyclic) bond motifs is 3. The Hall–Kier alpha value is -2.73. The molecule has 0 atom stereocenters. The van der Waals surface area contributed by atoms with Gasteiger partial charge in [-0.3, -0.25) is 10.2 Å². The molecule has 104 valence electrons. The highest BCUT2D eigenvalue weighted by Crippen LogP contribution is 2.38. The Morgan fingerprint density at radius 3 is 2.33 bits per heavy atom. The van der Waals surface area contributed by atoms with Crippen molar-refractivity contribution in [2.24, 2.45) is 16.6 Å². The average Bonchev–Trinajstić information content (AvgIpc) is 2.79. The van der Waals surface area contributed by atoms with Gasteiger partial charge in [-0.05, 0) is 23.8 Å². The van der Waals surface area contributed by atoms with Gasteiger partial charge >= 0.3 is 0 Å². The van der Waals surface area contributed by atoms with Gasteiger partial charge in [0.1, 0.15) is 0 Å². The van der Waals surface area contributed by atoms with E-state index in [-0.39, 0.29) is 5.11 Å². The number of nitrogens with two attached hydrogens (primary N) is 2. The number of hydrazone groups is 1. The van der Waals surface area contributed by atoms with E-state index in [4.69, 9.17) is 23.7 Å². The third kappa shape index (κ3) is 2.15. The zero-order chi connectivity index (χ0) is 15.0. The quantitative estimate of drug-likeness (QED) is 0.491. The van der Waals surface area contributed by atoms with Gasteiger partial charge in [-0.25, -0.2) is 0 Å². The maximum absolute atomic E-state index is 11.7. The number of nitrogens with one attached hydrogen (secondary N) is 1. The van der Waals surface area contributed by atoms with Gasteiger partial charge in [-0.2, -0.15) is 5.10 Å². The first-order valence-electron chi connectivity index (χ1n) is 6.25. The van der Waals surface area contributed by atoms with Gasteiger partial charge in [0.2, 0.25) is 5.91 Å². The Kier molecular flexibility index (Phi) is 3.15. The fourth-order valence-corrected chi connectivity index (χ4v) is 2.57. The molecule has 0 aliphatic heterocycles. The lowest BCUT2D eigenvalue weighted by atomic mass is 9.99. The molecule has 0 saturated carbocycles. The number of thiocarbonyl (C=S) groups is 1. The van der Waals surface area contributed by atoms with Crippen LogP contribution in [0.2, 0.25) is 0 Å². The molecule has 1 aliphatic rings. The number of hydrogen-bond acceptors (Lipinski definition) is 3. The SMILES string of the molecule is NC(=O)c1cccc2c1-c1ccccc1/C2=N\NC(N)=S. The van der Waals surface area contributed by atoms with Crippen LogP contribution in [-0.2, 0) is 0 Å². The zero-order valence-corrected chi connectivity index (χ0v) is 11.8. The van der Waals surface area contributed by atoms with E-state index in [0.29, 0.717) is 11.3 Å². The van der Waals surface area contributed by atoms with E-state index >= 15 is 0 Å². The minimum absolute atomic E-state index is 0.0829. The fraction of sp³-hybridized carbons (Fsp3) is 0. The van der Waals surface area contributed by atoms with Crippen LogP contribution in [0.15, 0.2) is 47.6 Å². The Morgan fingerprint density at radius 1 is 1.00 bits per heavy atom. The normalized spacial score (nSPS) is 13.6. The largest absolute Gasteiger partial charge is 0.375 e. The Balaban J connectivity index is 2.29. The Labute approximate surface area is 126 Å². The van der Waals surface area contributed by atoms with Gasteiger partial charge in [0, 0.05) is 22.3 Å². The number of nitrogens with zero attached hydrogens (tertiary/aromatic N) is 1. The smallest absolute Gasteiger partial charge is 0.249 e. The van der Waals surface area contributed by atoms with Crippen molar-refractivity contribution in [2.45, 2.75) is 0 Å². The second-order valence-corrected chi connectivity index (χ2v) is 5.01. The fourth-order valence-electron chi connectivity index (χ4n) is 2.53. The lowest BCUT2D eigenvalue weighted by Crippen LogP contribution is -2.25. The number of benzene rings is 2. The lowest BCUT2D eigenvalue weighted by molar-refractivity contribution is 0.100. The molecule has 0 bridgehead atoms. The molecule has 1 aliphatic carbocycles. The summed E-state index contributed by atoms with van der Waals surface area (Å²) in [7, 11) is 0. The summed E-state index contributed by atoms with van der Waals surface area (Å²) in [4.78, 5) is 11.7. The molecular weight excluding hydrogens is 284 g/mol. The van der Waals surface area contributed by atoms with Crippen molar-refractivity contribution in [3.05, 3.63) is 59.2 Å². The standard InChI is InChI=1S/C15H12N4OS/c16-14(20)11-7-3-6-10-12(11)8-4-1-2-5-9(8)13(10)18-19-15(17)21/h1-7H,(H2,16,20)(H3,17,19,21)/b18-13+. The van der Waals surface area contributed by atoms with E-state index in [1.165, 1.54) is 0 Å². The van der Waals surface area contributed by atoms with Crippen LogP contribution >= 0.6 is 12.2 Å². The maximum Gasteiger partial charge on any atom is 0.249 e. The van der Waals surface area contributed by atoms with Gasteiger partial charge in [-0.1, -0.05) is 36.4 Å². The van der Waals surface area contributed by atoms with Crippen molar-refractivity contribution >= 4 is 28.9 Å². The van der Waals surface area contributed by atoms with Gasteiger partial charge < -0.3 is 11.5 Å². The van der Waals surface area contributed by atoms with Crippen molar-refractivity contribution in [1.82, 2.24) is 5.43 Å². The summed E-state index contributed by atoms with van der Waals surface area (Å²) >= 11 is 4.78. The van der Waals surface area contributed by atoms with Crippen LogP contribution in [0.25, 0.3) is 11.1 Å². The highest BCUT2D eigenvalue weighted by atomic mass is 32.1. The van der Waals surface area contributed by atoms with Gasteiger partial charge in [0.15, 0.2) is 5.11 Å². The van der Waals surface area contributed by atoms with Crippen LogP contribution in [0.3, 0.4) is 0 Å². The van der Waals surface area contributed by atoms with Crippen LogP contribution in [0.4, 0.5) is 0 Å². The van der Waals surface area contributed by atoms with Gasteiger partial charge in [0.25, 0.3) is 0 Å². The van der Waals surface area contributed by atoms with E-state index in [0.717, 1.165) is 22.3 Å². The monoisotopic (exact) mass is 296 g/mol. The summed E-state index contributed by atoms with van der Waals surface area (Å²) in [6.45, 7) is 0. The van der Waals surface area contributed by atoms with E-state index in [2.05, 4.69) is 10.5 Å². The molecule has 3 rings (SSSR count). The molecule has 0 heterocycles. The number of primary amides is 1. The molecule has 5 nitrogen and oxygen atoms in total. The molecule has 6 heteroatoms. The number of carbonyl (C=O) groups excluding carboxylic acids is 1. The molecule has 5 N–H and O–H groups in total. The van der Waals surface area contributed by atoms with Crippen LogP contribution in [0, 0.1) is 0 Å². The Morgan fingerprint density at radius 2 is 1.67 bits per heavy atom. The van der Waals surface area contributed by atoms with E-state index in [9.17, 15) is 4.79 Å². The summed E-state index contributed by atoms with van der Waals surface area (Å²) in [5.74, 6) is -0.467. The number of carbonyl (C=O) groups is 1. The molecule has 2 aromatic rings. The molecule has 0 fully saturated rings. The predicted octanol–water partition coefficient (Wildman–Crippen LogP) is 1.35. The molecule has 2 aromatic carbocycles. The van der Waals surface area contributed by atoms with Gasteiger partial charge in [0.05, 0.1) is 5.71 Å². The minimum atomic E-state index is -0.467. The zero-order valence-electron chi connectivity index (χ0n) is 11.0. The lowest BCUT2D eigenvalue weighted by Gasteiger charge is -2.05. The molecular formula is C15H12N4OS. The van der Waals surface area contributed by atoms with Crippen molar-refractivity contribution in [2.75, 3.05) is 0 Å².